The molecule has 0 radical (unpaired) electrons. The Morgan fingerprint density at radius 2 is 1.93 bits per heavy atom. The molecule has 0 aliphatic carbocycles. The van der Waals surface area contributed by atoms with Gasteiger partial charge in [0.15, 0.2) is 0 Å². The van der Waals surface area contributed by atoms with Crippen molar-refractivity contribution in [2.75, 3.05) is 26.8 Å². The average Bonchev–Trinajstić information content (AvgIpc) is 3.16. The van der Waals surface area contributed by atoms with E-state index in [9.17, 15) is 14.3 Å². The number of nitrogens with zero attached hydrogens (tertiary/aromatic N) is 1. The van der Waals surface area contributed by atoms with E-state index in [1.165, 1.54) is 12.1 Å². The van der Waals surface area contributed by atoms with Crippen LogP contribution in [0.3, 0.4) is 0 Å². The zero-order chi connectivity index (χ0) is 21.7. The van der Waals surface area contributed by atoms with Crippen LogP contribution in [-0.2, 0) is 16.1 Å². The Balaban J connectivity index is 1.69. The quantitative estimate of drug-likeness (QED) is 0.668. The number of likely N-dealkylation sites (tertiary alicyclic amines) is 1. The maximum absolute atomic E-state index is 13.7. The Kier molecular flexibility index (Phi) is 7.45. The summed E-state index contributed by atoms with van der Waals surface area (Å²) in [5.74, 6) is 0.141. The van der Waals surface area contributed by atoms with E-state index >= 15 is 0 Å². The van der Waals surface area contributed by atoms with Crippen LogP contribution in [0.4, 0.5) is 4.39 Å². The van der Waals surface area contributed by atoms with Gasteiger partial charge in [-0.25, -0.2) is 4.39 Å². The Labute approximate surface area is 177 Å². The van der Waals surface area contributed by atoms with E-state index in [2.05, 4.69) is 4.90 Å². The molecule has 5 nitrogen and oxygen atoms in total. The monoisotopic (exact) mass is 415 g/mol. The average molecular weight is 416 g/mol. The molecule has 0 unspecified atom stereocenters. The van der Waals surface area contributed by atoms with Crippen LogP contribution in [0.25, 0.3) is 0 Å². The Morgan fingerprint density at radius 3 is 2.53 bits per heavy atom. The molecule has 0 spiro atoms. The SMILES string of the molecule is COc1ccc(COC(=O)[C@@H](C(C)C)N2C[C@H](CO)[C@@H](c3cccc(F)c3)C2)cc1. The van der Waals surface area contributed by atoms with Gasteiger partial charge in [-0.2, -0.15) is 0 Å². The van der Waals surface area contributed by atoms with Gasteiger partial charge in [0.05, 0.1) is 7.11 Å². The molecule has 162 valence electrons. The van der Waals surface area contributed by atoms with E-state index in [1.54, 1.807) is 13.2 Å². The van der Waals surface area contributed by atoms with E-state index in [4.69, 9.17) is 9.47 Å². The van der Waals surface area contributed by atoms with Gasteiger partial charge in [0.2, 0.25) is 0 Å². The van der Waals surface area contributed by atoms with Crippen LogP contribution in [0.15, 0.2) is 48.5 Å². The number of esters is 1. The summed E-state index contributed by atoms with van der Waals surface area (Å²) in [7, 11) is 1.61. The predicted molar refractivity (Wildman–Crippen MR) is 113 cm³/mol. The highest BCUT2D eigenvalue weighted by Gasteiger charge is 2.40. The minimum Gasteiger partial charge on any atom is -0.497 e. The number of hydrogen-bond acceptors (Lipinski definition) is 5. The summed E-state index contributed by atoms with van der Waals surface area (Å²) < 4.78 is 24.5. The van der Waals surface area contributed by atoms with Gasteiger partial charge in [0.1, 0.15) is 24.2 Å². The lowest BCUT2D eigenvalue weighted by atomic mass is 9.89. The number of carbonyl (C=O) groups excluding carboxylic acids is 1. The van der Waals surface area contributed by atoms with E-state index < -0.39 is 6.04 Å². The topological polar surface area (TPSA) is 59.0 Å². The second-order valence-corrected chi connectivity index (χ2v) is 8.20. The molecule has 0 saturated carbocycles. The van der Waals surface area contributed by atoms with Gasteiger partial charge in [-0.15, -0.1) is 0 Å². The number of rotatable bonds is 8. The number of methoxy groups -OCH3 is 1. The molecule has 1 aliphatic heterocycles. The lowest BCUT2D eigenvalue weighted by Gasteiger charge is -2.29. The molecule has 0 amide bonds. The van der Waals surface area contributed by atoms with Crippen molar-refractivity contribution in [3.63, 3.8) is 0 Å². The van der Waals surface area contributed by atoms with Crippen LogP contribution in [0, 0.1) is 17.7 Å². The normalized spacial score (nSPS) is 20.3. The fourth-order valence-electron chi connectivity index (χ4n) is 4.24. The van der Waals surface area contributed by atoms with Crippen LogP contribution in [0.5, 0.6) is 5.75 Å². The second-order valence-electron chi connectivity index (χ2n) is 8.20. The molecule has 0 aromatic heterocycles. The molecule has 2 aromatic carbocycles. The van der Waals surface area contributed by atoms with Gasteiger partial charge in [-0.05, 0) is 41.3 Å². The Bertz CT molecular complexity index is 839. The van der Waals surface area contributed by atoms with E-state index in [0.29, 0.717) is 13.1 Å². The van der Waals surface area contributed by atoms with Crippen LogP contribution < -0.4 is 4.74 Å². The minimum atomic E-state index is -0.421. The fourth-order valence-corrected chi connectivity index (χ4v) is 4.24. The number of hydrogen-bond donors (Lipinski definition) is 1. The predicted octanol–water partition coefficient (Wildman–Crippen LogP) is 3.61. The molecule has 6 heteroatoms. The molecule has 2 aromatic rings. The van der Waals surface area contributed by atoms with Crippen LogP contribution in [-0.4, -0.2) is 48.8 Å². The zero-order valence-electron chi connectivity index (χ0n) is 17.8. The van der Waals surface area contributed by atoms with E-state index in [0.717, 1.165) is 16.9 Å². The second kappa shape index (κ2) is 10.0. The highest BCUT2D eigenvalue weighted by Crippen LogP contribution is 2.35. The van der Waals surface area contributed by atoms with E-state index in [-0.39, 0.29) is 42.8 Å². The van der Waals surface area contributed by atoms with Gasteiger partial charge in [0, 0.05) is 31.5 Å². The number of carbonyl (C=O) groups is 1. The summed E-state index contributed by atoms with van der Waals surface area (Å²) in [6, 6.07) is 13.5. The zero-order valence-corrected chi connectivity index (χ0v) is 17.8. The summed E-state index contributed by atoms with van der Waals surface area (Å²) in [5, 5.41) is 9.89. The standard InChI is InChI=1S/C24H30FNO4/c1-16(2)23(24(28)30-15-17-7-9-21(29-3)10-8-17)26-12-19(14-27)22(13-26)18-5-4-6-20(25)11-18/h4-11,16,19,22-23,27H,12-15H2,1-3H3/t19-,22-,23-/m1/s1. The first-order valence-electron chi connectivity index (χ1n) is 10.3. The third-order valence-electron chi connectivity index (χ3n) is 5.79. The summed E-state index contributed by atoms with van der Waals surface area (Å²) in [6.07, 6.45) is 0. The fraction of sp³-hybridized carbons (Fsp3) is 0.458. The Morgan fingerprint density at radius 1 is 1.20 bits per heavy atom. The van der Waals surface area contributed by atoms with Gasteiger partial charge < -0.3 is 14.6 Å². The van der Waals surface area contributed by atoms with Crippen molar-refractivity contribution >= 4 is 5.97 Å². The maximum Gasteiger partial charge on any atom is 0.323 e. The number of aliphatic hydroxyl groups excluding tert-OH is 1. The first-order chi connectivity index (χ1) is 14.4. The third kappa shape index (κ3) is 5.18. The van der Waals surface area contributed by atoms with Gasteiger partial charge >= 0.3 is 5.97 Å². The van der Waals surface area contributed by atoms with Crippen molar-refractivity contribution in [2.45, 2.75) is 32.4 Å². The molecule has 30 heavy (non-hydrogen) atoms. The largest absolute Gasteiger partial charge is 0.497 e. The lowest BCUT2D eigenvalue weighted by molar-refractivity contribution is -0.153. The number of ether oxygens (including phenoxy) is 2. The Hall–Kier alpha value is -2.44. The van der Waals surface area contributed by atoms with Crippen molar-refractivity contribution in [2.24, 2.45) is 11.8 Å². The highest BCUT2D eigenvalue weighted by atomic mass is 19.1. The molecule has 1 aliphatic rings. The van der Waals surface area contributed by atoms with E-state index in [1.807, 2.05) is 44.2 Å². The highest BCUT2D eigenvalue weighted by molar-refractivity contribution is 5.76. The van der Waals surface area contributed by atoms with Crippen molar-refractivity contribution in [3.8, 4) is 5.75 Å². The molecule has 3 rings (SSSR count). The molecule has 0 bridgehead atoms. The van der Waals surface area contributed by atoms with Crippen LogP contribution >= 0.6 is 0 Å². The molecular formula is C24H30FNO4. The molecule has 1 heterocycles. The minimum absolute atomic E-state index is 0.0105. The van der Waals surface area contributed by atoms with Crippen molar-refractivity contribution in [1.29, 1.82) is 0 Å². The van der Waals surface area contributed by atoms with Crippen molar-refractivity contribution in [3.05, 3.63) is 65.5 Å². The lowest BCUT2D eigenvalue weighted by Crippen LogP contribution is -2.44. The van der Waals surface area contributed by atoms with Gasteiger partial charge in [-0.1, -0.05) is 38.1 Å². The van der Waals surface area contributed by atoms with Crippen molar-refractivity contribution < 1.29 is 23.8 Å². The summed E-state index contributed by atoms with van der Waals surface area (Å²) in [5.41, 5.74) is 1.74. The van der Waals surface area contributed by atoms with Gasteiger partial charge in [0.25, 0.3) is 0 Å². The van der Waals surface area contributed by atoms with Gasteiger partial charge in [-0.3, -0.25) is 9.69 Å². The van der Waals surface area contributed by atoms with Crippen LogP contribution in [0.2, 0.25) is 0 Å². The first-order valence-corrected chi connectivity index (χ1v) is 10.3. The molecule has 1 saturated heterocycles. The molecule has 1 N–H and O–H groups in total. The summed E-state index contributed by atoms with van der Waals surface area (Å²) >= 11 is 0. The number of aliphatic hydroxyl groups is 1. The smallest absolute Gasteiger partial charge is 0.323 e. The third-order valence-corrected chi connectivity index (χ3v) is 5.79. The first kappa shape index (κ1) is 22.2. The number of benzene rings is 2. The molecule has 3 atom stereocenters. The maximum atomic E-state index is 13.7. The van der Waals surface area contributed by atoms with Crippen LogP contribution in [0.1, 0.15) is 30.9 Å². The summed E-state index contributed by atoms with van der Waals surface area (Å²) in [6.45, 7) is 5.30. The molecule has 1 fully saturated rings. The summed E-state index contributed by atoms with van der Waals surface area (Å²) in [4.78, 5) is 15.0. The number of halogens is 1. The van der Waals surface area contributed by atoms with Crippen molar-refractivity contribution in [1.82, 2.24) is 4.90 Å². The molecular weight excluding hydrogens is 385 g/mol.